The Hall–Kier alpha value is -2.39. The first-order valence-electron chi connectivity index (χ1n) is 14.6. The van der Waals surface area contributed by atoms with Crippen molar-refractivity contribution in [2.45, 2.75) is 110 Å². The summed E-state index contributed by atoms with van der Waals surface area (Å²) < 4.78 is 5.77. The number of fused-ring (bicyclic) bond motifs is 1. The van der Waals surface area contributed by atoms with Gasteiger partial charge in [-0.15, -0.1) is 0 Å². The van der Waals surface area contributed by atoms with Crippen LogP contribution in [0.5, 0.6) is 0 Å². The maximum atomic E-state index is 13.0. The number of hydrogen-bond acceptors (Lipinski definition) is 6. The molecular weight excluding hydrogens is 482 g/mol. The van der Waals surface area contributed by atoms with Crippen LogP contribution in [-0.2, 0) is 22.4 Å². The van der Waals surface area contributed by atoms with Gasteiger partial charge in [0.15, 0.2) is 0 Å². The molecule has 0 saturated carbocycles. The fourth-order valence-corrected chi connectivity index (χ4v) is 5.52. The number of carbonyl (C=O) groups excluding carboxylic acids is 1. The van der Waals surface area contributed by atoms with Gasteiger partial charge >= 0.3 is 12.0 Å². The molecule has 9 heteroatoms. The molecule has 0 bridgehead atoms. The Kier molecular flexibility index (Phi) is 12.1. The molecule has 3 atom stereocenters. The van der Waals surface area contributed by atoms with Crippen LogP contribution in [0.2, 0.25) is 0 Å². The second kappa shape index (κ2) is 15.3. The molecule has 3 N–H and O–H groups in total. The highest BCUT2D eigenvalue weighted by molar-refractivity contribution is 5.83. The maximum Gasteiger partial charge on any atom is 0.326 e. The van der Waals surface area contributed by atoms with Crippen LogP contribution in [0.1, 0.15) is 83.9 Å². The van der Waals surface area contributed by atoms with E-state index in [0.29, 0.717) is 19.6 Å². The highest BCUT2D eigenvalue weighted by Gasteiger charge is 2.31. The molecule has 2 amide bonds. The van der Waals surface area contributed by atoms with Crippen LogP contribution in [-0.4, -0.2) is 88.9 Å². The molecule has 0 radical (unpaired) electrons. The lowest BCUT2D eigenvalue weighted by molar-refractivity contribution is -0.139. The van der Waals surface area contributed by atoms with Crippen molar-refractivity contribution >= 4 is 17.8 Å². The summed E-state index contributed by atoms with van der Waals surface area (Å²) in [4.78, 5) is 33.9. The molecular formula is C29H49N5O4. The molecule has 214 valence electrons. The zero-order valence-corrected chi connectivity index (χ0v) is 23.9. The van der Waals surface area contributed by atoms with Crippen molar-refractivity contribution in [1.29, 1.82) is 0 Å². The summed E-state index contributed by atoms with van der Waals surface area (Å²) in [5, 5.41) is 16.1. The number of urea groups is 1. The Labute approximate surface area is 228 Å². The smallest absolute Gasteiger partial charge is 0.326 e. The predicted molar refractivity (Wildman–Crippen MR) is 151 cm³/mol. The number of likely N-dealkylation sites (tertiary alicyclic amines) is 1. The first-order chi connectivity index (χ1) is 18.2. The van der Waals surface area contributed by atoms with Gasteiger partial charge in [0.2, 0.25) is 0 Å². The van der Waals surface area contributed by atoms with E-state index in [1.54, 1.807) is 0 Å². The van der Waals surface area contributed by atoms with Crippen molar-refractivity contribution in [3.63, 3.8) is 0 Å². The van der Waals surface area contributed by atoms with E-state index in [-0.39, 0.29) is 24.2 Å². The van der Waals surface area contributed by atoms with E-state index >= 15 is 0 Å². The average Bonchev–Trinajstić information content (AvgIpc) is 2.87. The minimum Gasteiger partial charge on any atom is -0.480 e. The van der Waals surface area contributed by atoms with Gasteiger partial charge in [-0.25, -0.2) is 14.6 Å². The first kappa shape index (κ1) is 30.2. The summed E-state index contributed by atoms with van der Waals surface area (Å²) in [6, 6.07) is 3.41. The zero-order chi connectivity index (χ0) is 27.5. The van der Waals surface area contributed by atoms with Gasteiger partial charge in [-0.1, -0.05) is 6.07 Å². The molecule has 2 aliphatic rings. The number of carboxylic acid groups (broad SMARTS) is 1. The third-order valence-corrected chi connectivity index (χ3v) is 7.73. The first-order valence-corrected chi connectivity index (χ1v) is 14.6. The molecule has 3 rings (SSSR count). The lowest BCUT2D eigenvalue weighted by Gasteiger charge is -2.39. The van der Waals surface area contributed by atoms with Crippen molar-refractivity contribution in [2.75, 3.05) is 38.1 Å². The SMILES string of the molecule is CC(C)OCCN(CCCCc1ccc2c(n1)NCCC2)CC[C@H](NC(=O)N1[C@H](C)CCC[C@H]1C)C(=O)O. The number of aryl methyl sites for hydroxylation is 2. The number of anilines is 1. The second-order valence-electron chi connectivity index (χ2n) is 11.2. The zero-order valence-electron chi connectivity index (χ0n) is 23.9. The second-order valence-corrected chi connectivity index (χ2v) is 11.2. The summed E-state index contributed by atoms with van der Waals surface area (Å²) in [5.41, 5.74) is 2.42. The number of hydrogen-bond donors (Lipinski definition) is 3. The van der Waals surface area contributed by atoms with Gasteiger partial charge < -0.3 is 30.3 Å². The van der Waals surface area contributed by atoms with Crippen molar-refractivity contribution in [2.24, 2.45) is 0 Å². The van der Waals surface area contributed by atoms with Crippen LogP contribution in [0, 0.1) is 0 Å². The lowest BCUT2D eigenvalue weighted by Crippen LogP contribution is -2.55. The monoisotopic (exact) mass is 531 g/mol. The van der Waals surface area contributed by atoms with Gasteiger partial charge in [0.1, 0.15) is 11.9 Å². The number of aromatic nitrogens is 1. The summed E-state index contributed by atoms with van der Waals surface area (Å²) in [6.07, 6.45) is 8.69. The fourth-order valence-electron chi connectivity index (χ4n) is 5.52. The molecule has 1 saturated heterocycles. The van der Waals surface area contributed by atoms with Crippen molar-refractivity contribution in [3.8, 4) is 0 Å². The molecule has 9 nitrogen and oxygen atoms in total. The molecule has 0 spiro atoms. The molecule has 1 aromatic heterocycles. The predicted octanol–water partition coefficient (Wildman–Crippen LogP) is 4.31. The van der Waals surface area contributed by atoms with Crippen molar-refractivity contribution < 1.29 is 19.4 Å². The highest BCUT2D eigenvalue weighted by Crippen LogP contribution is 2.23. The molecule has 3 heterocycles. The molecule has 1 fully saturated rings. The van der Waals surface area contributed by atoms with Gasteiger partial charge in [-0.3, -0.25) is 0 Å². The molecule has 1 aromatic rings. The molecule has 0 unspecified atom stereocenters. The Balaban J connectivity index is 1.50. The number of piperidine rings is 1. The van der Waals surface area contributed by atoms with E-state index < -0.39 is 12.0 Å². The largest absolute Gasteiger partial charge is 0.480 e. The van der Waals surface area contributed by atoms with Gasteiger partial charge in [-0.05, 0) is 104 Å². The Morgan fingerprint density at radius 2 is 1.92 bits per heavy atom. The number of ether oxygens (including phenoxy) is 1. The van der Waals surface area contributed by atoms with E-state index in [1.165, 1.54) is 5.56 Å². The van der Waals surface area contributed by atoms with Crippen LogP contribution in [0.3, 0.4) is 0 Å². The van der Waals surface area contributed by atoms with Crippen LogP contribution in [0.25, 0.3) is 0 Å². The highest BCUT2D eigenvalue weighted by atomic mass is 16.5. The number of aliphatic carboxylic acids is 1. The number of amides is 2. The third kappa shape index (κ3) is 9.42. The van der Waals surface area contributed by atoms with E-state index in [0.717, 1.165) is 82.5 Å². The minimum absolute atomic E-state index is 0.123. The molecule has 2 aliphatic heterocycles. The Morgan fingerprint density at radius 1 is 1.16 bits per heavy atom. The minimum atomic E-state index is -0.985. The number of rotatable bonds is 14. The number of carbonyl (C=O) groups is 2. The number of unbranched alkanes of at least 4 members (excludes halogenated alkanes) is 1. The number of pyridine rings is 1. The molecule has 0 aromatic carbocycles. The summed E-state index contributed by atoms with van der Waals surface area (Å²) in [6.45, 7) is 11.9. The fraction of sp³-hybridized carbons (Fsp3) is 0.759. The number of nitrogens with one attached hydrogen (secondary N) is 2. The van der Waals surface area contributed by atoms with Crippen LogP contribution in [0.4, 0.5) is 10.6 Å². The third-order valence-electron chi connectivity index (χ3n) is 7.73. The van der Waals surface area contributed by atoms with E-state index in [4.69, 9.17) is 9.72 Å². The van der Waals surface area contributed by atoms with Gasteiger partial charge in [0.05, 0.1) is 12.7 Å². The van der Waals surface area contributed by atoms with E-state index in [2.05, 4.69) is 27.7 Å². The number of nitrogens with zero attached hydrogens (tertiary/aromatic N) is 3. The summed E-state index contributed by atoms with van der Waals surface area (Å²) >= 11 is 0. The Bertz CT molecular complexity index is 886. The quantitative estimate of drug-likeness (QED) is 0.307. The topological polar surface area (TPSA) is 107 Å². The number of carboxylic acids is 1. The summed E-state index contributed by atoms with van der Waals surface area (Å²) in [7, 11) is 0. The maximum absolute atomic E-state index is 13.0. The Morgan fingerprint density at radius 3 is 2.63 bits per heavy atom. The van der Waals surface area contributed by atoms with Crippen LogP contribution in [0.15, 0.2) is 12.1 Å². The normalized spacial score (nSPS) is 20.2. The van der Waals surface area contributed by atoms with Gasteiger partial charge in [0.25, 0.3) is 0 Å². The van der Waals surface area contributed by atoms with E-state index in [1.807, 2.05) is 32.6 Å². The van der Waals surface area contributed by atoms with Gasteiger partial charge in [0, 0.05) is 37.4 Å². The van der Waals surface area contributed by atoms with Crippen molar-refractivity contribution in [1.82, 2.24) is 20.1 Å². The van der Waals surface area contributed by atoms with Gasteiger partial charge in [-0.2, -0.15) is 0 Å². The average molecular weight is 532 g/mol. The lowest BCUT2D eigenvalue weighted by atomic mass is 9.98. The van der Waals surface area contributed by atoms with E-state index in [9.17, 15) is 14.7 Å². The van der Waals surface area contributed by atoms with Crippen LogP contribution < -0.4 is 10.6 Å². The molecule has 0 aliphatic carbocycles. The van der Waals surface area contributed by atoms with Crippen molar-refractivity contribution in [3.05, 3.63) is 23.4 Å². The standard InChI is InChI=1S/C29H49N5O4/c1-21(2)38-20-19-33(17-6-5-12-25-14-13-24-11-8-16-30-27(24)31-25)18-15-26(28(35)36)32-29(37)34-22(3)9-7-10-23(34)4/h13-14,21-23,26H,5-12,15-20H2,1-4H3,(H,30,31)(H,32,37)(H,35,36)/t22-,23-,26+/m1/s1. The summed E-state index contributed by atoms with van der Waals surface area (Å²) in [5.74, 6) is 0.0532. The molecule has 38 heavy (non-hydrogen) atoms. The van der Waals surface area contributed by atoms with Crippen LogP contribution >= 0.6 is 0 Å².